The SMILES string of the molecule is CCCC1CCC(CNCC)C(Cc2cnn(C)c2)C1. The molecular weight excluding hydrogens is 246 g/mol. The van der Waals surface area contributed by atoms with Crippen LogP contribution >= 0.6 is 0 Å². The van der Waals surface area contributed by atoms with Gasteiger partial charge in [0.15, 0.2) is 0 Å². The van der Waals surface area contributed by atoms with E-state index in [9.17, 15) is 0 Å². The first kappa shape index (κ1) is 15.6. The molecule has 0 spiro atoms. The molecule has 0 saturated heterocycles. The van der Waals surface area contributed by atoms with Gasteiger partial charge >= 0.3 is 0 Å². The first-order valence-corrected chi connectivity index (χ1v) is 8.41. The van der Waals surface area contributed by atoms with Crippen molar-refractivity contribution >= 4 is 0 Å². The van der Waals surface area contributed by atoms with Crippen LogP contribution in [0.1, 0.15) is 51.5 Å². The summed E-state index contributed by atoms with van der Waals surface area (Å²) in [5.41, 5.74) is 1.41. The number of rotatable bonds is 7. The van der Waals surface area contributed by atoms with Gasteiger partial charge in [-0.1, -0.05) is 33.1 Å². The zero-order valence-electron chi connectivity index (χ0n) is 13.4. The molecule has 20 heavy (non-hydrogen) atoms. The van der Waals surface area contributed by atoms with Gasteiger partial charge in [-0.3, -0.25) is 4.68 Å². The van der Waals surface area contributed by atoms with Crippen molar-refractivity contribution in [3.8, 4) is 0 Å². The third-order valence-electron chi connectivity index (χ3n) is 4.86. The Kier molecular flexibility index (Phi) is 6.08. The summed E-state index contributed by atoms with van der Waals surface area (Å²) in [7, 11) is 2.01. The van der Waals surface area contributed by atoms with Crippen LogP contribution in [0.2, 0.25) is 0 Å². The highest BCUT2D eigenvalue weighted by atomic mass is 15.2. The number of hydrogen-bond acceptors (Lipinski definition) is 2. The second-order valence-electron chi connectivity index (χ2n) is 6.52. The number of aromatic nitrogens is 2. The van der Waals surface area contributed by atoms with Crippen molar-refractivity contribution in [1.29, 1.82) is 0 Å². The topological polar surface area (TPSA) is 29.9 Å². The predicted octanol–water partition coefficient (Wildman–Crippen LogP) is 3.40. The molecule has 1 heterocycles. The Morgan fingerprint density at radius 3 is 2.80 bits per heavy atom. The Labute approximate surface area is 124 Å². The molecular formula is C17H31N3. The molecule has 114 valence electrons. The Bertz CT molecular complexity index is 385. The van der Waals surface area contributed by atoms with Gasteiger partial charge in [-0.15, -0.1) is 0 Å². The zero-order valence-corrected chi connectivity index (χ0v) is 13.4. The molecule has 0 radical (unpaired) electrons. The highest BCUT2D eigenvalue weighted by molar-refractivity contribution is 5.06. The van der Waals surface area contributed by atoms with Crippen molar-refractivity contribution in [2.45, 2.75) is 52.4 Å². The van der Waals surface area contributed by atoms with Gasteiger partial charge in [0.25, 0.3) is 0 Å². The van der Waals surface area contributed by atoms with E-state index < -0.39 is 0 Å². The summed E-state index contributed by atoms with van der Waals surface area (Å²) in [5.74, 6) is 2.64. The van der Waals surface area contributed by atoms with Gasteiger partial charge in [-0.25, -0.2) is 0 Å². The van der Waals surface area contributed by atoms with Gasteiger partial charge in [-0.05, 0) is 55.7 Å². The van der Waals surface area contributed by atoms with E-state index in [0.29, 0.717) is 0 Å². The number of aryl methyl sites for hydroxylation is 1. The standard InChI is InChI=1S/C17H31N3/c1-4-6-14-7-8-16(12-18-5-2)17(9-14)10-15-11-19-20(3)13-15/h11,13-14,16-18H,4-10,12H2,1-3H3. The van der Waals surface area contributed by atoms with Gasteiger partial charge in [-0.2, -0.15) is 5.10 Å². The van der Waals surface area contributed by atoms with Crippen LogP contribution in [0.3, 0.4) is 0 Å². The van der Waals surface area contributed by atoms with E-state index in [1.165, 1.54) is 50.6 Å². The fraction of sp³-hybridized carbons (Fsp3) is 0.824. The van der Waals surface area contributed by atoms with E-state index in [1.54, 1.807) is 0 Å². The van der Waals surface area contributed by atoms with E-state index in [1.807, 2.05) is 17.9 Å². The quantitative estimate of drug-likeness (QED) is 0.828. The molecule has 3 atom stereocenters. The monoisotopic (exact) mass is 277 g/mol. The fourth-order valence-corrected chi connectivity index (χ4v) is 3.82. The lowest BCUT2D eigenvalue weighted by molar-refractivity contribution is 0.168. The summed E-state index contributed by atoms with van der Waals surface area (Å²) in [5, 5.41) is 7.89. The molecule has 0 aromatic carbocycles. The van der Waals surface area contributed by atoms with E-state index in [0.717, 1.165) is 24.3 Å². The molecule has 3 heteroatoms. The first-order valence-electron chi connectivity index (χ1n) is 8.41. The van der Waals surface area contributed by atoms with Crippen LogP contribution in [0.15, 0.2) is 12.4 Å². The minimum atomic E-state index is 0.837. The van der Waals surface area contributed by atoms with E-state index >= 15 is 0 Å². The molecule has 0 bridgehead atoms. The summed E-state index contributed by atoms with van der Waals surface area (Å²) in [6.45, 7) is 6.81. The van der Waals surface area contributed by atoms with Crippen LogP contribution in [0.4, 0.5) is 0 Å². The highest BCUT2D eigenvalue weighted by Gasteiger charge is 2.30. The minimum Gasteiger partial charge on any atom is -0.317 e. The van der Waals surface area contributed by atoms with Crippen LogP contribution in [-0.4, -0.2) is 22.9 Å². The second kappa shape index (κ2) is 7.82. The molecule has 3 nitrogen and oxygen atoms in total. The normalized spacial score (nSPS) is 26.9. The van der Waals surface area contributed by atoms with Crippen molar-refractivity contribution < 1.29 is 0 Å². The smallest absolute Gasteiger partial charge is 0.0521 e. The van der Waals surface area contributed by atoms with Gasteiger partial charge in [0.2, 0.25) is 0 Å². The lowest BCUT2D eigenvalue weighted by Crippen LogP contribution is -2.34. The molecule has 1 aliphatic rings. The molecule has 1 saturated carbocycles. The van der Waals surface area contributed by atoms with Gasteiger partial charge in [0.1, 0.15) is 0 Å². The van der Waals surface area contributed by atoms with Crippen molar-refractivity contribution in [2.75, 3.05) is 13.1 Å². The van der Waals surface area contributed by atoms with E-state index in [-0.39, 0.29) is 0 Å². The van der Waals surface area contributed by atoms with Crippen molar-refractivity contribution in [2.24, 2.45) is 24.8 Å². The Balaban J connectivity index is 1.96. The number of hydrogen-bond donors (Lipinski definition) is 1. The van der Waals surface area contributed by atoms with Crippen LogP contribution in [0.25, 0.3) is 0 Å². The van der Waals surface area contributed by atoms with Gasteiger partial charge in [0, 0.05) is 13.2 Å². The molecule has 1 N–H and O–H groups in total. The highest BCUT2D eigenvalue weighted by Crippen LogP contribution is 2.37. The summed E-state index contributed by atoms with van der Waals surface area (Å²) < 4.78 is 1.93. The van der Waals surface area contributed by atoms with Crippen LogP contribution in [-0.2, 0) is 13.5 Å². The van der Waals surface area contributed by atoms with Gasteiger partial charge in [0.05, 0.1) is 6.20 Å². The van der Waals surface area contributed by atoms with Crippen LogP contribution in [0, 0.1) is 17.8 Å². The van der Waals surface area contributed by atoms with E-state index in [2.05, 4.69) is 30.5 Å². The summed E-state index contributed by atoms with van der Waals surface area (Å²) in [6.07, 6.45) is 12.5. The first-order chi connectivity index (χ1) is 9.72. The second-order valence-corrected chi connectivity index (χ2v) is 6.52. The predicted molar refractivity (Wildman–Crippen MR) is 84.7 cm³/mol. The van der Waals surface area contributed by atoms with Crippen LogP contribution < -0.4 is 5.32 Å². The third kappa shape index (κ3) is 4.34. The molecule has 1 aliphatic carbocycles. The molecule has 1 fully saturated rings. The lowest BCUT2D eigenvalue weighted by atomic mass is 9.71. The molecule has 2 rings (SSSR count). The summed E-state index contributed by atoms with van der Waals surface area (Å²) in [4.78, 5) is 0. The van der Waals surface area contributed by atoms with Crippen molar-refractivity contribution in [3.63, 3.8) is 0 Å². The molecule has 1 aromatic heterocycles. The average molecular weight is 277 g/mol. The molecule has 1 aromatic rings. The van der Waals surface area contributed by atoms with E-state index in [4.69, 9.17) is 0 Å². The largest absolute Gasteiger partial charge is 0.317 e. The molecule has 0 amide bonds. The lowest BCUT2D eigenvalue weighted by Gasteiger charge is -2.36. The number of nitrogens with one attached hydrogen (secondary N) is 1. The van der Waals surface area contributed by atoms with Crippen molar-refractivity contribution in [3.05, 3.63) is 18.0 Å². The fourth-order valence-electron chi connectivity index (χ4n) is 3.82. The zero-order chi connectivity index (χ0) is 14.4. The van der Waals surface area contributed by atoms with Gasteiger partial charge < -0.3 is 5.32 Å². The maximum absolute atomic E-state index is 4.33. The summed E-state index contributed by atoms with van der Waals surface area (Å²) in [6, 6.07) is 0. The summed E-state index contributed by atoms with van der Waals surface area (Å²) >= 11 is 0. The third-order valence-corrected chi connectivity index (χ3v) is 4.86. The Morgan fingerprint density at radius 1 is 1.30 bits per heavy atom. The minimum absolute atomic E-state index is 0.837. The molecule has 0 aliphatic heterocycles. The van der Waals surface area contributed by atoms with Crippen LogP contribution in [0.5, 0.6) is 0 Å². The number of nitrogens with zero attached hydrogens (tertiary/aromatic N) is 2. The maximum Gasteiger partial charge on any atom is 0.0521 e. The van der Waals surface area contributed by atoms with Crippen molar-refractivity contribution in [1.82, 2.24) is 15.1 Å². The Hall–Kier alpha value is -0.830. The average Bonchev–Trinajstić information content (AvgIpc) is 2.84. The maximum atomic E-state index is 4.33. The Morgan fingerprint density at radius 2 is 2.15 bits per heavy atom. The molecule has 3 unspecified atom stereocenters.